The Labute approximate surface area is 190 Å². The molecule has 33 heavy (non-hydrogen) atoms. The molecule has 1 heterocycles. The first-order valence-corrected chi connectivity index (χ1v) is 10.5. The average Bonchev–Trinajstić information content (AvgIpc) is 3.20. The molecule has 2 aliphatic rings. The van der Waals surface area contributed by atoms with Crippen LogP contribution in [0.5, 0.6) is 0 Å². The minimum absolute atomic E-state index is 0.0136. The highest BCUT2D eigenvalue weighted by Gasteiger charge is 2.38. The van der Waals surface area contributed by atoms with Gasteiger partial charge in [0, 0.05) is 48.1 Å². The van der Waals surface area contributed by atoms with Gasteiger partial charge in [-0.2, -0.15) is 0 Å². The zero-order valence-corrected chi connectivity index (χ0v) is 18.4. The molecule has 7 nitrogen and oxygen atoms in total. The van der Waals surface area contributed by atoms with E-state index in [1.54, 1.807) is 24.3 Å². The molecule has 0 unspecified atom stereocenters. The number of nitro groups is 2. The highest BCUT2D eigenvalue weighted by Crippen LogP contribution is 2.49. The topological polar surface area (TPSA) is 89.5 Å². The Hall–Kier alpha value is -4.26. The highest BCUT2D eigenvalue weighted by molar-refractivity contribution is 6.02. The van der Waals surface area contributed by atoms with E-state index in [1.807, 2.05) is 31.3 Å². The molecule has 0 aromatic heterocycles. The Balaban J connectivity index is 1.71. The number of fused-ring (bicyclic) bond motifs is 4. The number of hydrogen-bond acceptors (Lipinski definition) is 5. The molecule has 1 aliphatic heterocycles. The maximum absolute atomic E-state index is 11.4. The molecule has 0 amide bonds. The summed E-state index contributed by atoms with van der Waals surface area (Å²) >= 11 is 0. The molecule has 0 bridgehead atoms. The lowest BCUT2D eigenvalue weighted by molar-refractivity contribution is -0.385. The molecule has 3 aromatic carbocycles. The van der Waals surface area contributed by atoms with Gasteiger partial charge in [-0.15, -0.1) is 0 Å². The smallest absolute Gasteiger partial charge is 0.270 e. The summed E-state index contributed by atoms with van der Waals surface area (Å²) in [6.07, 6.45) is 3.95. The second kappa shape index (κ2) is 7.13. The predicted octanol–water partition coefficient (Wildman–Crippen LogP) is 6.23. The van der Waals surface area contributed by atoms with Crippen molar-refractivity contribution in [1.29, 1.82) is 0 Å². The van der Waals surface area contributed by atoms with Gasteiger partial charge in [0.05, 0.1) is 9.85 Å². The Morgan fingerprint density at radius 1 is 0.788 bits per heavy atom. The molecule has 1 aliphatic carbocycles. The van der Waals surface area contributed by atoms with Crippen LogP contribution in [0.15, 0.2) is 78.5 Å². The van der Waals surface area contributed by atoms with Crippen LogP contribution in [-0.4, -0.2) is 16.9 Å². The van der Waals surface area contributed by atoms with Gasteiger partial charge in [0.15, 0.2) is 0 Å². The lowest BCUT2D eigenvalue weighted by Crippen LogP contribution is -2.22. The van der Waals surface area contributed by atoms with Crippen LogP contribution in [0.25, 0.3) is 16.7 Å². The third kappa shape index (κ3) is 3.04. The quantitative estimate of drug-likeness (QED) is 0.279. The zero-order valence-electron chi connectivity index (χ0n) is 18.4. The summed E-state index contributed by atoms with van der Waals surface area (Å²) in [5.41, 5.74) is 6.96. The van der Waals surface area contributed by atoms with Gasteiger partial charge in [-0.3, -0.25) is 20.2 Å². The Morgan fingerprint density at radius 3 is 1.85 bits per heavy atom. The van der Waals surface area contributed by atoms with E-state index in [1.165, 1.54) is 17.7 Å². The molecule has 0 N–H and O–H groups in total. The third-order valence-corrected chi connectivity index (χ3v) is 6.65. The Kier molecular flexibility index (Phi) is 4.46. The maximum atomic E-state index is 11.4. The summed E-state index contributed by atoms with van der Waals surface area (Å²) in [6, 6.07) is 17.7. The van der Waals surface area contributed by atoms with Gasteiger partial charge >= 0.3 is 0 Å². The lowest BCUT2D eigenvalue weighted by Gasteiger charge is -2.23. The van der Waals surface area contributed by atoms with Crippen molar-refractivity contribution in [2.45, 2.75) is 19.3 Å². The van der Waals surface area contributed by atoms with Crippen LogP contribution in [0, 0.1) is 20.2 Å². The molecule has 0 saturated carbocycles. The minimum Gasteiger partial charge on any atom is -0.347 e. The largest absolute Gasteiger partial charge is 0.347 e. The molecular weight excluding hydrogens is 418 g/mol. The van der Waals surface area contributed by atoms with Crippen molar-refractivity contribution in [2.24, 2.45) is 0 Å². The monoisotopic (exact) mass is 439 g/mol. The highest BCUT2D eigenvalue weighted by atomic mass is 16.6. The normalized spacial score (nSPS) is 16.4. The number of likely N-dealkylation sites (N-methyl/N-ethyl adjacent to an activating group) is 1. The number of benzene rings is 3. The second-order valence-corrected chi connectivity index (χ2v) is 8.81. The van der Waals surface area contributed by atoms with Crippen molar-refractivity contribution in [3.05, 3.63) is 115 Å². The van der Waals surface area contributed by atoms with E-state index in [2.05, 4.69) is 30.9 Å². The first-order valence-electron chi connectivity index (χ1n) is 10.5. The number of nitro benzene ring substituents is 2. The first-order chi connectivity index (χ1) is 15.7. The molecule has 3 aromatic rings. The minimum atomic E-state index is -0.424. The van der Waals surface area contributed by atoms with Crippen molar-refractivity contribution in [1.82, 2.24) is 0 Å². The number of anilines is 1. The summed E-state index contributed by atoms with van der Waals surface area (Å²) in [4.78, 5) is 24.1. The van der Waals surface area contributed by atoms with Crippen LogP contribution in [-0.2, 0) is 5.41 Å². The first kappa shape index (κ1) is 20.6. The number of para-hydroxylation sites is 1. The van der Waals surface area contributed by atoms with Crippen molar-refractivity contribution in [3.8, 4) is 11.1 Å². The van der Waals surface area contributed by atoms with Crippen molar-refractivity contribution < 1.29 is 9.85 Å². The molecule has 0 fully saturated rings. The van der Waals surface area contributed by atoms with Crippen LogP contribution in [0.3, 0.4) is 0 Å². The van der Waals surface area contributed by atoms with Crippen LogP contribution >= 0.6 is 0 Å². The average molecular weight is 439 g/mol. The maximum Gasteiger partial charge on any atom is 0.270 e. The molecule has 7 heteroatoms. The lowest BCUT2D eigenvalue weighted by atomic mass is 9.83. The molecular formula is C26H21N3O4. The fourth-order valence-corrected chi connectivity index (χ4v) is 5.00. The van der Waals surface area contributed by atoms with E-state index in [9.17, 15) is 20.2 Å². The number of hydrogen-bond donors (Lipinski definition) is 0. The van der Waals surface area contributed by atoms with E-state index < -0.39 is 9.85 Å². The molecule has 0 spiro atoms. The number of allylic oxidation sites excluding steroid dienone is 3. The fourth-order valence-electron chi connectivity index (χ4n) is 5.00. The van der Waals surface area contributed by atoms with Crippen molar-refractivity contribution in [2.75, 3.05) is 11.9 Å². The molecule has 5 rings (SSSR count). The molecule has 0 saturated heterocycles. The van der Waals surface area contributed by atoms with Gasteiger partial charge in [0.2, 0.25) is 0 Å². The van der Waals surface area contributed by atoms with Crippen LogP contribution in [0.4, 0.5) is 17.1 Å². The van der Waals surface area contributed by atoms with E-state index in [0.29, 0.717) is 11.1 Å². The van der Waals surface area contributed by atoms with Gasteiger partial charge in [0.1, 0.15) is 0 Å². The standard InChI is InChI=1S/C26H21N3O4/c1-26(2)23-6-4-5-7-24(23)27(3)25(26)13-12-20-21-14-16(28(30)31)8-10-18(21)19-11-9-17(29(32)33)15-22(19)20/h4-15H,1-3H3/b25-13-. The van der Waals surface area contributed by atoms with E-state index >= 15 is 0 Å². The molecule has 0 atom stereocenters. The van der Waals surface area contributed by atoms with E-state index in [0.717, 1.165) is 28.1 Å². The number of nitrogens with zero attached hydrogens (tertiary/aromatic N) is 3. The third-order valence-electron chi connectivity index (χ3n) is 6.65. The summed E-state index contributed by atoms with van der Waals surface area (Å²) in [5.74, 6) is 0. The van der Waals surface area contributed by atoms with Gasteiger partial charge in [-0.25, -0.2) is 0 Å². The summed E-state index contributed by atoms with van der Waals surface area (Å²) < 4.78 is 0. The van der Waals surface area contributed by atoms with Gasteiger partial charge in [0.25, 0.3) is 11.4 Å². The SMILES string of the molecule is CN1/C(=C\C=C2c3cc([N+](=O)[O-])ccc3-c3ccc([N+](=O)[O-])cc32)C(C)(C)c2ccccc21. The van der Waals surface area contributed by atoms with Gasteiger partial charge in [-0.1, -0.05) is 38.1 Å². The summed E-state index contributed by atoms with van der Waals surface area (Å²) in [5, 5.41) is 22.8. The van der Waals surface area contributed by atoms with Crippen LogP contribution in [0.2, 0.25) is 0 Å². The van der Waals surface area contributed by atoms with E-state index in [4.69, 9.17) is 0 Å². The Bertz CT molecular complexity index is 1350. The summed E-state index contributed by atoms with van der Waals surface area (Å²) in [7, 11) is 2.02. The predicted molar refractivity (Wildman–Crippen MR) is 128 cm³/mol. The van der Waals surface area contributed by atoms with Crippen LogP contribution in [0.1, 0.15) is 30.5 Å². The zero-order chi connectivity index (χ0) is 23.5. The van der Waals surface area contributed by atoms with Crippen molar-refractivity contribution in [3.63, 3.8) is 0 Å². The molecule has 0 radical (unpaired) electrons. The summed E-state index contributed by atoms with van der Waals surface area (Å²) in [6.45, 7) is 4.32. The number of rotatable bonds is 3. The van der Waals surface area contributed by atoms with Crippen LogP contribution < -0.4 is 4.90 Å². The second-order valence-electron chi connectivity index (χ2n) is 8.81. The number of non-ortho nitro benzene ring substituents is 2. The van der Waals surface area contributed by atoms with Gasteiger partial charge < -0.3 is 4.90 Å². The fraction of sp³-hybridized carbons (Fsp3) is 0.154. The van der Waals surface area contributed by atoms with Crippen molar-refractivity contribution >= 4 is 22.6 Å². The van der Waals surface area contributed by atoms with Gasteiger partial charge in [-0.05, 0) is 57.7 Å². The molecule has 164 valence electrons. The Morgan fingerprint density at radius 2 is 1.33 bits per heavy atom. The van der Waals surface area contributed by atoms with E-state index in [-0.39, 0.29) is 16.8 Å².